The van der Waals surface area contributed by atoms with Crippen LogP contribution in [0.25, 0.3) is 0 Å². The van der Waals surface area contributed by atoms with Crippen LogP contribution in [0.5, 0.6) is 0 Å². The average Bonchev–Trinajstić information content (AvgIpc) is 2.42. The normalized spacial score (nSPS) is 14.3. The predicted octanol–water partition coefficient (Wildman–Crippen LogP) is 4.53. The molecule has 0 aliphatic heterocycles. The first-order valence-corrected chi connectivity index (χ1v) is 8.61. The van der Waals surface area contributed by atoms with Gasteiger partial charge in [0.05, 0.1) is 10.2 Å². The summed E-state index contributed by atoms with van der Waals surface area (Å²) in [5.74, 6) is 2.16. The maximum absolute atomic E-state index is 5.93. The molecule has 1 aromatic rings. The summed E-state index contributed by atoms with van der Waals surface area (Å²) in [7, 11) is 0. The molecule has 0 bridgehead atoms. The Morgan fingerprint density at radius 3 is 2.38 bits per heavy atom. The molecule has 1 atom stereocenters. The lowest BCUT2D eigenvalue weighted by Crippen LogP contribution is -2.29. The topological polar surface area (TPSA) is 47.0 Å². The van der Waals surface area contributed by atoms with E-state index in [9.17, 15) is 0 Å². The lowest BCUT2D eigenvalue weighted by atomic mass is 10.0. The van der Waals surface area contributed by atoms with Gasteiger partial charge in [-0.05, 0) is 55.5 Å². The van der Waals surface area contributed by atoms with Crippen LogP contribution in [0.4, 0.5) is 5.82 Å². The molecule has 0 aliphatic rings. The standard InChI is InChI=1S/C16H28BrN3O/c1-7-16(6,21-9-3)15-19-12(10-11(4)5)13(17)14(20-15)18-8-2/h11H,7-10H2,1-6H3,(H,18,19,20). The van der Waals surface area contributed by atoms with E-state index in [0.29, 0.717) is 12.5 Å². The van der Waals surface area contributed by atoms with Gasteiger partial charge in [0, 0.05) is 13.2 Å². The Morgan fingerprint density at radius 2 is 1.90 bits per heavy atom. The van der Waals surface area contributed by atoms with Gasteiger partial charge in [-0.25, -0.2) is 9.97 Å². The number of anilines is 1. The van der Waals surface area contributed by atoms with Crippen molar-refractivity contribution in [3.8, 4) is 0 Å². The molecule has 1 aromatic heterocycles. The highest BCUT2D eigenvalue weighted by Crippen LogP contribution is 2.32. The molecule has 0 fully saturated rings. The van der Waals surface area contributed by atoms with E-state index in [4.69, 9.17) is 14.7 Å². The van der Waals surface area contributed by atoms with Crippen molar-refractivity contribution in [2.24, 2.45) is 5.92 Å². The van der Waals surface area contributed by atoms with Crippen molar-refractivity contribution < 1.29 is 4.74 Å². The molecule has 0 saturated heterocycles. The van der Waals surface area contributed by atoms with Crippen molar-refractivity contribution in [1.82, 2.24) is 9.97 Å². The largest absolute Gasteiger partial charge is 0.369 e. The second kappa shape index (κ2) is 8.08. The number of hydrogen-bond acceptors (Lipinski definition) is 4. The fourth-order valence-corrected chi connectivity index (χ4v) is 2.66. The number of halogens is 1. The third-order valence-corrected chi connectivity index (χ3v) is 4.31. The molecule has 1 heterocycles. The summed E-state index contributed by atoms with van der Waals surface area (Å²) in [6, 6.07) is 0. The molecule has 5 heteroatoms. The summed E-state index contributed by atoms with van der Waals surface area (Å²) in [6.07, 6.45) is 1.76. The molecule has 120 valence electrons. The summed E-state index contributed by atoms with van der Waals surface area (Å²) in [5, 5.41) is 3.31. The molecule has 1 rings (SSSR count). The summed E-state index contributed by atoms with van der Waals surface area (Å²) in [4.78, 5) is 9.49. The minimum atomic E-state index is -0.439. The minimum Gasteiger partial charge on any atom is -0.369 e. The van der Waals surface area contributed by atoms with Crippen LogP contribution < -0.4 is 5.32 Å². The average molecular weight is 358 g/mol. The van der Waals surface area contributed by atoms with E-state index in [-0.39, 0.29) is 0 Å². The summed E-state index contributed by atoms with van der Waals surface area (Å²) in [5.41, 5.74) is 0.607. The maximum atomic E-state index is 5.93. The van der Waals surface area contributed by atoms with Crippen molar-refractivity contribution in [3.63, 3.8) is 0 Å². The molecule has 21 heavy (non-hydrogen) atoms. The van der Waals surface area contributed by atoms with Crippen molar-refractivity contribution in [2.45, 2.75) is 60.0 Å². The van der Waals surface area contributed by atoms with Crippen molar-refractivity contribution >= 4 is 21.7 Å². The van der Waals surface area contributed by atoms with Crippen LogP contribution >= 0.6 is 15.9 Å². The zero-order valence-electron chi connectivity index (χ0n) is 14.1. The first kappa shape index (κ1) is 18.4. The first-order valence-electron chi connectivity index (χ1n) is 7.82. The molecule has 4 nitrogen and oxygen atoms in total. The highest BCUT2D eigenvalue weighted by molar-refractivity contribution is 9.10. The van der Waals surface area contributed by atoms with Gasteiger partial charge in [-0.15, -0.1) is 0 Å². The predicted molar refractivity (Wildman–Crippen MR) is 91.7 cm³/mol. The molecule has 0 amide bonds. The monoisotopic (exact) mass is 357 g/mol. The molecule has 0 aromatic carbocycles. The van der Waals surface area contributed by atoms with E-state index < -0.39 is 5.60 Å². The molecular formula is C16H28BrN3O. The minimum absolute atomic E-state index is 0.439. The van der Waals surface area contributed by atoms with Gasteiger partial charge in [-0.2, -0.15) is 0 Å². The summed E-state index contributed by atoms with van der Waals surface area (Å²) in [6.45, 7) is 14.1. The second-order valence-corrected chi connectivity index (χ2v) is 6.60. The van der Waals surface area contributed by atoms with Gasteiger partial charge in [0.15, 0.2) is 5.82 Å². The van der Waals surface area contributed by atoms with Gasteiger partial charge in [0.25, 0.3) is 0 Å². The zero-order valence-corrected chi connectivity index (χ0v) is 15.7. The Hall–Kier alpha value is -0.680. The number of hydrogen-bond donors (Lipinski definition) is 1. The number of rotatable bonds is 8. The lowest BCUT2D eigenvalue weighted by Gasteiger charge is -2.28. The third kappa shape index (κ3) is 4.65. The number of aromatic nitrogens is 2. The van der Waals surface area contributed by atoms with Gasteiger partial charge in [0.2, 0.25) is 0 Å². The number of nitrogens with one attached hydrogen (secondary N) is 1. The number of ether oxygens (including phenoxy) is 1. The van der Waals surface area contributed by atoms with Crippen LogP contribution in [0, 0.1) is 5.92 Å². The SMILES string of the molecule is CCNc1nc(C(C)(CC)OCC)nc(CC(C)C)c1Br. The quantitative estimate of drug-likeness (QED) is 0.742. The van der Waals surface area contributed by atoms with E-state index in [1.807, 2.05) is 6.92 Å². The Balaban J connectivity index is 3.34. The Morgan fingerprint density at radius 1 is 1.24 bits per heavy atom. The lowest BCUT2D eigenvalue weighted by molar-refractivity contribution is -0.0391. The van der Waals surface area contributed by atoms with Crippen LogP contribution in [0.1, 0.15) is 59.5 Å². The fourth-order valence-electron chi connectivity index (χ4n) is 2.18. The molecule has 0 aliphatic carbocycles. The summed E-state index contributed by atoms with van der Waals surface area (Å²) < 4.78 is 6.90. The van der Waals surface area contributed by atoms with E-state index in [0.717, 1.165) is 41.2 Å². The molecular weight excluding hydrogens is 330 g/mol. The van der Waals surface area contributed by atoms with Crippen LogP contribution in [-0.2, 0) is 16.8 Å². The Labute approximate surface area is 137 Å². The van der Waals surface area contributed by atoms with Crippen LogP contribution in [0.2, 0.25) is 0 Å². The molecule has 0 saturated carbocycles. The highest BCUT2D eigenvalue weighted by atomic mass is 79.9. The van der Waals surface area contributed by atoms with Crippen molar-refractivity contribution in [3.05, 3.63) is 16.0 Å². The van der Waals surface area contributed by atoms with Gasteiger partial charge >= 0.3 is 0 Å². The van der Waals surface area contributed by atoms with Crippen LogP contribution in [-0.4, -0.2) is 23.1 Å². The molecule has 0 radical (unpaired) electrons. The van der Waals surface area contributed by atoms with Crippen LogP contribution in [0.3, 0.4) is 0 Å². The third-order valence-electron chi connectivity index (χ3n) is 3.48. The second-order valence-electron chi connectivity index (χ2n) is 5.80. The maximum Gasteiger partial charge on any atom is 0.162 e. The zero-order chi connectivity index (χ0) is 16.0. The fraction of sp³-hybridized carbons (Fsp3) is 0.750. The van der Waals surface area contributed by atoms with Crippen molar-refractivity contribution in [1.29, 1.82) is 0 Å². The van der Waals surface area contributed by atoms with Crippen molar-refractivity contribution in [2.75, 3.05) is 18.5 Å². The molecule has 1 N–H and O–H groups in total. The van der Waals surface area contributed by atoms with E-state index in [2.05, 4.69) is 55.9 Å². The Bertz CT molecular complexity index is 465. The summed E-state index contributed by atoms with van der Waals surface area (Å²) >= 11 is 3.64. The van der Waals surface area contributed by atoms with Gasteiger partial charge in [-0.3, -0.25) is 0 Å². The number of nitrogens with zero attached hydrogens (tertiary/aromatic N) is 2. The Kier molecular flexibility index (Phi) is 7.07. The molecule has 0 spiro atoms. The van der Waals surface area contributed by atoms with Gasteiger partial charge in [-0.1, -0.05) is 20.8 Å². The van der Waals surface area contributed by atoms with Gasteiger partial charge in [0.1, 0.15) is 11.4 Å². The van der Waals surface area contributed by atoms with Crippen LogP contribution in [0.15, 0.2) is 4.47 Å². The highest BCUT2D eigenvalue weighted by Gasteiger charge is 2.30. The smallest absolute Gasteiger partial charge is 0.162 e. The van der Waals surface area contributed by atoms with E-state index in [1.54, 1.807) is 0 Å². The van der Waals surface area contributed by atoms with E-state index in [1.165, 1.54) is 0 Å². The van der Waals surface area contributed by atoms with E-state index >= 15 is 0 Å². The van der Waals surface area contributed by atoms with Gasteiger partial charge < -0.3 is 10.1 Å². The molecule has 1 unspecified atom stereocenters. The first-order chi connectivity index (χ1) is 9.87.